The summed E-state index contributed by atoms with van der Waals surface area (Å²) in [7, 11) is 3.52. The smallest absolute Gasteiger partial charge is 0.307 e. The van der Waals surface area contributed by atoms with Gasteiger partial charge in [-0.05, 0) is 97.8 Å². The van der Waals surface area contributed by atoms with Crippen LogP contribution in [0.1, 0.15) is 131 Å². The molecule has 12 atom stereocenters. The van der Waals surface area contributed by atoms with Crippen LogP contribution in [-0.2, 0) is 14.3 Å². The largest absolute Gasteiger partial charge is 0.481 e. The highest BCUT2D eigenvalue weighted by molar-refractivity contribution is 5.90. The zero-order valence-electron chi connectivity index (χ0n) is 35.2. The maximum atomic E-state index is 13.6. The standard InChI is InChI=1S/C43H71N5O5/c1-14-45-42(11,27(4)5)23-53-34-31(48-35(44-25-46-48)36(49)47(12)13)21-43-24-52-22-39(34,8)32(43)16-15-29-30(43)17-18-41(10)33(37(50)51)38(7,28(6)26(2)3)19-20-40(29,41)9/h17,25-29,31-34,45H,14-16,18-24H2,1-13H3,(H,50,51)/t28-,29+,31-,32+,33-,34+,38-,39-,40-,41+,42+,43+/m1/s1. The number of hydrogen-bond acceptors (Lipinski definition) is 7. The first-order valence-electron chi connectivity index (χ1n) is 20.7. The molecular weight excluding hydrogens is 667 g/mol. The van der Waals surface area contributed by atoms with Gasteiger partial charge >= 0.3 is 5.97 Å². The Morgan fingerprint density at radius 3 is 2.40 bits per heavy atom. The lowest BCUT2D eigenvalue weighted by Gasteiger charge is -2.71. The molecule has 6 rings (SSSR count). The van der Waals surface area contributed by atoms with Gasteiger partial charge in [-0.3, -0.25) is 9.59 Å². The Kier molecular flexibility index (Phi) is 10.4. The number of hydrogen-bond donors (Lipinski definition) is 2. The van der Waals surface area contributed by atoms with Gasteiger partial charge in [0.15, 0.2) is 0 Å². The van der Waals surface area contributed by atoms with Gasteiger partial charge in [-0.25, -0.2) is 9.67 Å². The van der Waals surface area contributed by atoms with E-state index in [1.54, 1.807) is 19.0 Å². The van der Waals surface area contributed by atoms with E-state index >= 15 is 0 Å². The normalized spacial score (nSPS) is 41.1. The fraction of sp³-hybridized carbons (Fsp3) is 0.860. The van der Waals surface area contributed by atoms with Crippen molar-refractivity contribution in [2.45, 2.75) is 132 Å². The van der Waals surface area contributed by atoms with Crippen molar-refractivity contribution in [3.8, 4) is 0 Å². The van der Waals surface area contributed by atoms with E-state index in [2.05, 4.69) is 92.5 Å². The monoisotopic (exact) mass is 738 g/mol. The number of aromatic nitrogens is 3. The summed E-state index contributed by atoms with van der Waals surface area (Å²) >= 11 is 0. The number of rotatable bonds is 11. The van der Waals surface area contributed by atoms with Crippen LogP contribution >= 0.6 is 0 Å². The van der Waals surface area contributed by atoms with Gasteiger partial charge < -0.3 is 24.8 Å². The van der Waals surface area contributed by atoms with Crippen LogP contribution in [-0.4, -0.2) is 88.8 Å². The first-order chi connectivity index (χ1) is 24.7. The number of carbonyl (C=O) groups excluding carboxylic acids is 1. The van der Waals surface area contributed by atoms with Crippen LogP contribution in [0.25, 0.3) is 0 Å². The molecule has 2 N–H and O–H groups in total. The lowest BCUT2D eigenvalue weighted by atomic mass is 9.34. The third kappa shape index (κ3) is 5.79. The average Bonchev–Trinajstić information content (AvgIpc) is 3.57. The maximum absolute atomic E-state index is 13.6. The van der Waals surface area contributed by atoms with Crippen molar-refractivity contribution in [2.24, 2.45) is 62.6 Å². The number of carboxylic acid groups (broad SMARTS) is 1. The number of carbonyl (C=O) groups is 2. The van der Waals surface area contributed by atoms with Gasteiger partial charge in [0.05, 0.1) is 37.9 Å². The Bertz CT molecular complexity index is 1590. The molecule has 1 aromatic rings. The van der Waals surface area contributed by atoms with Crippen LogP contribution in [0.5, 0.6) is 0 Å². The predicted molar refractivity (Wildman–Crippen MR) is 207 cm³/mol. The number of likely N-dealkylation sites (N-methyl/N-ethyl adjacent to an activating group) is 1. The van der Waals surface area contributed by atoms with Crippen molar-refractivity contribution >= 4 is 11.9 Å². The van der Waals surface area contributed by atoms with Crippen LogP contribution in [0.4, 0.5) is 0 Å². The second-order valence-corrected chi connectivity index (χ2v) is 20.2. The molecule has 10 heteroatoms. The number of aliphatic carboxylic acids is 1. The number of nitrogens with one attached hydrogen (secondary N) is 1. The summed E-state index contributed by atoms with van der Waals surface area (Å²) in [6.45, 7) is 27.6. The molecule has 53 heavy (non-hydrogen) atoms. The summed E-state index contributed by atoms with van der Waals surface area (Å²) < 4.78 is 15.9. The van der Waals surface area contributed by atoms with Crippen molar-refractivity contribution in [2.75, 3.05) is 40.5 Å². The Morgan fingerprint density at radius 1 is 1.09 bits per heavy atom. The summed E-state index contributed by atoms with van der Waals surface area (Å²) in [5.74, 6) is 0.681. The Morgan fingerprint density at radius 2 is 1.79 bits per heavy atom. The SMILES string of the molecule is CCN[C@@](C)(CO[C@H]1[C@H](n2ncnc2C(=O)N(C)C)C[C@@]23COC[C@]1(C)[C@@H]2CC[C@H]1C3=CC[C@@]2(C)[C@H](C(=O)O)[C@@](C)([C@H](C)C(C)C)CC[C@]12C)C(C)C. The molecule has 3 saturated carbocycles. The van der Waals surface area contributed by atoms with Gasteiger partial charge in [-0.1, -0.05) is 80.9 Å². The molecule has 0 radical (unpaired) electrons. The van der Waals surface area contributed by atoms with E-state index in [1.165, 1.54) is 11.9 Å². The van der Waals surface area contributed by atoms with Gasteiger partial charge in [0.1, 0.15) is 6.33 Å². The number of nitrogens with zero attached hydrogens (tertiary/aromatic N) is 4. The molecule has 0 spiro atoms. The number of allylic oxidation sites excluding steroid dienone is 1. The highest BCUT2D eigenvalue weighted by atomic mass is 16.5. The van der Waals surface area contributed by atoms with Crippen LogP contribution in [0.3, 0.4) is 0 Å². The fourth-order valence-corrected chi connectivity index (χ4v) is 13.1. The summed E-state index contributed by atoms with van der Waals surface area (Å²) in [6, 6.07) is -0.242. The van der Waals surface area contributed by atoms with Crippen molar-refractivity contribution in [1.82, 2.24) is 25.0 Å². The lowest BCUT2D eigenvalue weighted by molar-refractivity contribution is -0.253. The van der Waals surface area contributed by atoms with Crippen molar-refractivity contribution in [3.05, 3.63) is 23.8 Å². The Hall–Kier alpha value is -2.30. The first-order valence-corrected chi connectivity index (χ1v) is 20.7. The van der Waals surface area contributed by atoms with E-state index in [1.807, 2.05) is 4.68 Å². The molecule has 1 saturated heterocycles. The van der Waals surface area contributed by atoms with Crippen LogP contribution in [0.15, 0.2) is 18.0 Å². The molecule has 298 valence electrons. The second-order valence-electron chi connectivity index (χ2n) is 20.2. The molecule has 2 bridgehead atoms. The second kappa shape index (κ2) is 13.7. The fourth-order valence-electron chi connectivity index (χ4n) is 13.1. The number of carboxylic acids is 1. The molecular formula is C43H71N5O5. The molecule has 0 aromatic carbocycles. The molecule has 5 aliphatic rings. The van der Waals surface area contributed by atoms with Crippen molar-refractivity contribution in [1.29, 1.82) is 0 Å². The molecule has 10 nitrogen and oxygen atoms in total. The highest BCUT2D eigenvalue weighted by Crippen LogP contribution is 2.75. The maximum Gasteiger partial charge on any atom is 0.307 e. The van der Waals surface area contributed by atoms with E-state index in [4.69, 9.17) is 14.6 Å². The van der Waals surface area contributed by atoms with Crippen molar-refractivity contribution < 1.29 is 24.2 Å². The lowest BCUT2D eigenvalue weighted by Crippen LogP contribution is -2.69. The van der Waals surface area contributed by atoms with Crippen molar-refractivity contribution in [3.63, 3.8) is 0 Å². The molecule has 4 aliphatic carbocycles. The van der Waals surface area contributed by atoms with E-state index in [-0.39, 0.29) is 51.2 Å². The van der Waals surface area contributed by atoms with Gasteiger partial charge in [-0.15, -0.1) is 0 Å². The van der Waals surface area contributed by atoms with Crippen LogP contribution in [0.2, 0.25) is 0 Å². The summed E-state index contributed by atoms with van der Waals surface area (Å²) in [6.07, 6.45) is 9.21. The number of ether oxygens (including phenoxy) is 2. The Labute approximate surface area is 319 Å². The minimum atomic E-state index is -0.640. The number of fused-ring (bicyclic) bond motifs is 3. The van der Waals surface area contributed by atoms with E-state index in [0.29, 0.717) is 49.3 Å². The third-order valence-corrected chi connectivity index (χ3v) is 17.0. The average molecular weight is 738 g/mol. The molecule has 1 aliphatic heterocycles. The van der Waals surface area contributed by atoms with Gasteiger partial charge in [0, 0.05) is 30.5 Å². The Balaban J connectivity index is 1.48. The summed E-state index contributed by atoms with van der Waals surface area (Å²) in [5, 5.41) is 19.7. The third-order valence-electron chi connectivity index (χ3n) is 17.0. The van der Waals surface area contributed by atoms with Gasteiger partial charge in [0.2, 0.25) is 5.82 Å². The summed E-state index contributed by atoms with van der Waals surface area (Å²) in [5.41, 5.74) is -0.286. The molecule has 4 fully saturated rings. The van der Waals surface area contributed by atoms with E-state index in [0.717, 1.165) is 45.1 Å². The molecule has 1 amide bonds. The minimum absolute atomic E-state index is 0.172. The molecule has 1 aromatic heterocycles. The quantitative estimate of drug-likeness (QED) is 0.224. The van der Waals surface area contributed by atoms with Crippen LogP contribution < -0.4 is 5.32 Å². The zero-order valence-corrected chi connectivity index (χ0v) is 35.2. The first kappa shape index (κ1) is 40.4. The predicted octanol–water partition coefficient (Wildman–Crippen LogP) is 7.52. The molecule has 2 heterocycles. The van der Waals surface area contributed by atoms with Gasteiger partial charge in [-0.2, -0.15) is 5.10 Å². The topological polar surface area (TPSA) is 119 Å². The van der Waals surface area contributed by atoms with E-state index < -0.39 is 17.3 Å². The zero-order chi connectivity index (χ0) is 39.1. The minimum Gasteiger partial charge on any atom is -0.481 e. The molecule has 0 unspecified atom stereocenters. The number of amides is 1. The summed E-state index contributed by atoms with van der Waals surface area (Å²) in [4.78, 5) is 33.3. The van der Waals surface area contributed by atoms with E-state index in [9.17, 15) is 14.7 Å². The van der Waals surface area contributed by atoms with Crippen LogP contribution in [0, 0.1) is 62.6 Å². The van der Waals surface area contributed by atoms with Gasteiger partial charge in [0.25, 0.3) is 5.91 Å². The highest BCUT2D eigenvalue weighted by Gasteiger charge is 2.72.